The fourth-order valence-corrected chi connectivity index (χ4v) is 2.35. The van der Waals surface area contributed by atoms with Crippen molar-refractivity contribution in [3.8, 4) is 0 Å². The molecule has 0 spiro atoms. The summed E-state index contributed by atoms with van der Waals surface area (Å²) in [4.78, 5) is 11.1. The number of hydrogen-bond donors (Lipinski definition) is 2. The van der Waals surface area contributed by atoms with E-state index in [0.29, 0.717) is 5.69 Å². The van der Waals surface area contributed by atoms with Gasteiger partial charge >= 0.3 is 5.97 Å². The van der Waals surface area contributed by atoms with Crippen LogP contribution in [0.2, 0.25) is 0 Å². The van der Waals surface area contributed by atoms with Crippen molar-refractivity contribution in [2.45, 2.75) is 26.2 Å². The number of fused-ring (bicyclic) bond motifs is 1. The van der Waals surface area contributed by atoms with Crippen LogP contribution in [0.1, 0.15) is 33.7 Å². The maximum atomic E-state index is 11.1. The number of rotatable bonds is 2. The van der Waals surface area contributed by atoms with Crippen LogP contribution in [0, 0.1) is 6.92 Å². The zero-order valence-electron chi connectivity index (χ0n) is 8.42. The van der Waals surface area contributed by atoms with Crippen molar-refractivity contribution in [3.63, 3.8) is 0 Å². The van der Waals surface area contributed by atoms with Crippen LogP contribution in [-0.4, -0.2) is 22.8 Å². The van der Waals surface area contributed by atoms with E-state index in [0.717, 1.165) is 30.5 Å². The molecular formula is C10H14N2O2. The van der Waals surface area contributed by atoms with Gasteiger partial charge in [-0.1, -0.05) is 0 Å². The summed E-state index contributed by atoms with van der Waals surface area (Å²) >= 11 is 0. The van der Waals surface area contributed by atoms with Crippen LogP contribution in [0.3, 0.4) is 0 Å². The largest absolute Gasteiger partial charge is 0.477 e. The summed E-state index contributed by atoms with van der Waals surface area (Å²) in [5.74, 6) is -0.842. The van der Waals surface area contributed by atoms with Crippen LogP contribution in [0.5, 0.6) is 0 Å². The van der Waals surface area contributed by atoms with E-state index in [1.54, 1.807) is 11.7 Å². The standard InChI is InChI=1S/C10H14N2O2/c1-6-7-4-3-5-8(7)9(10(13)14)12(6)11-2/h11H,3-5H2,1-2H3,(H,13,14). The van der Waals surface area contributed by atoms with Crippen LogP contribution in [0.15, 0.2) is 0 Å². The lowest BCUT2D eigenvalue weighted by Crippen LogP contribution is -2.18. The van der Waals surface area contributed by atoms with E-state index in [1.165, 1.54) is 5.56 Å². The van der Waals surface area contributed by atoms with Gasteiger partial charge in [-0.25, -0.2) is 4.79 Å². The molecular weight excluding hydrogens is 180 g/mol. The Kier molecular flexibility index (Phi) is 1.98. The fourth-order valence-electron chi connectivity index (χ4n) is 2.35. The molecule has 1 aliphatic rings. The zero-order chi connectivity index (χ0) is 10.3. The molecule has 0 saturated heterocycles. The third kappa shape index (κ3) is 1.03. The molecule has 0 radical (unpaired) electrons. The van der Waals surface area contributed by atoms with Crippen molar-refractivity contribution in [1.82, 2.24) is 4.68 Å². The third-order valence-corrected chi connectivity index (χ3v) is 2.93. The molecule has 4 nitrogen and oxygen atoms in total. The number of carbonyl (C=O) groups is 1. The Morgan fingerprint density at radius 3 is 2.64 bits per heavy atom. The minimum Gasteiger partial charge on any atom is -0.477 e. The van der Waals surface area contributed by atoms with Gasteiger partial charge < -0.3 is 10.5 Å². The number of carboxylic acid groups (broad SMARTS) is 1. The van der Waals surface area contributed by atoms with Crippen LogP contribution in [0.4, 0.5) is 0 Å². The lowest BCUT2D eigenvalue weighted by Gasteiger charge is -2.08. The van der Waals surface area contributed by atoms with E-state index >= 15 is 0 Å². The van der Waals surface area contributed by atoms with E-state index in [2.05, 4.69) is 5.43 Å². The molecule has 1 aliphatic carbocycles. The van der Waals surface area contributed by atoms with Crippen molar-refractivity contribution in [3.05, 3.63) is 22.5 Å². The quantitative estimate of drug-likeness (QED) is 0.742. The number of nitrogens with zero attached hydrogens (tertiary/aromatic N) is 1. The highest BCUT2D eigenvalue weighted by molar-refractivity contribution is 5.89. The fraction of sp³-hybridized carbons (Fsp3) is 0.500. The monoisotopic (exact) mass is 194 g/mol. The number of aromatic nitrogens is 1. The second kappa shape index (κ2) is 3.04. The smallest absolute Gasteiger partial charge is 0.354 e. The van der Waals surface area contributed by atoms with Gasteiger partial charge in [-0.15, -0.1) is 0 Å². The highest BCUT2D eigenvalue weighted by atomic mass is 16.4. The highest BCUT2D eigenvalue weighted by Gasteiger charge is 2.27. The Morgan fingerprint density at radius 1 is 1.43 bits per heavy atom. The van der Waals surface area contributed by atoms with E-state index in [-0.39, 0.29) is 0 Å². The van der Waals surface area contributed by atoms with Crippen molar-refractivity contribution >= 4 is 5.97 Å². The maximum absolute atomic E-state index is 11.1. The first kappa shape index (κ1) is 9.12. The molecule has 0 aromatic carbocycles. The van der Waals surface area contributed by atoms with E-state index < -0.39 is 5.97 Å². The molecule has 2 rings (SSSR count). The summed E-state index contributed by atoms with van der Waals surface area (Å²) in [6, 6.07) is 0. The number of nitrogens with one attached hydrogen (secondary N) is 1. The van der Waals surface area contributed by atoms with Gasteiger partial charge in [0.15, 0.2) is 5.69 Å². The summed E-state index contributed by atoms with van der Waals surface area (Å²) in [6.45, 7) is 1.97. The van der Waals surface area contributed by atoms with E-state index in [1.807, 2.05) is 6.92 Å². The first-order valence-electron chi connectivity index (χ1n) is 4.81. The van der Waals surface area contributed by atoms with Crippen molar-refractivity contribution in [1.29, 1.82) is 0 Å². The summed E-state index contributed by atoms with van der Waals surface area (Å²) < 4.78 is 1.67. The van der Waals surface area contributed by atoms with Gasteiger partial charge in [0.25, 0.3) is 0 Å². The minimum atomic E-state index is -0.842. The summed E-state index contributed by atoms with van der Waals surface area (Å²) in [5.41, 5.74) is 6.60. The molecule has 76 valence electrons. The molecule has 1 heterocycles. The topological polar surface area (TPSA) is 54.3 Å². The predicted molar refractivity (Wildman–Crippen MR) is 53.4 cm³/mol. The van der Waals surface area contributed by atoms with Crippen LogP contribution in [0.25, 0.3) is 0 Å². The molecule has 0 atom stereocenters. The lowest BCUT2D eigenvalue weighted by atomic mass is 10.1. The summed E-state index contributed by atoms with van der Waals surface area (Å²) in [7, 11) is 1.74. The van der Waals surface area contributed by atoms with Crippen molar-refractivity contribution in [2.24, 2.45) is 0 Å². The summed E-state index contributed by atoms with van der Waals surface area (Å²) in [6.07, 6.45) is 2.99. The van der Waals surface area contributed by atoms with E-state index in [4.69, 9.17) is 5.11 Å². The van der Waals surface area contributed by atoms with Crippen LogP contribution >= 0.6 is 0 Å². The van der Waals surface area contributed by atoms with Gasteiger partial charge in [-0.05, 0) is 37.3 Å². The number of carboxylic acids is 1. The third-order valence-electron chi connectivity index (χ3n) is 2.93. The normalized spacial score (nSPS) is 14.1. The first-order chi connectivity index (χ1) is 6.66. The van der Waals surface area contributed by atoms with Crippen LogP contribution in [-0.2, 0) is 12.8 Å². The SMILES string of the molecule is CNn1c(C)c2c(c1C(=O)O)CCC2. The molecule has 2 N–H and O–H groups in total. The molecule has 0 amide bonds. The van der Waals surface area contributed by atoms with Crippen molar-refractivity contribution < 1.29 is 9.90 Å². The number of hydrogen-bond acceptors (Lipinski definition) is 2. The van der Waals surface area contributed by atoms with Crippen molar-refractivity contribution in [2.75, 3.05) is 12.5 Å². The Bertz CT molecular complexity index is 390. The number of aromatic carboxylic acids is 1. The van der Waals surface area contributed by atoms with Gasteiger partial charge in [0.2, 0.25) is 0 Å². The molecule has 0 saturated carbocycles. The lowest BCUT2D eigenvalue weighted by molar-refractivity contribution is 0.0685. The van der Waals surface area contributed by atoms with E-state index in [9.17, 15) is 4.79 Å². The minimum absolute atomic E-state index is 0.414. The zero-order valence-corrected chi connectivity index (χ0v) is 8.42. The van der Waals surface area contributed by atoms with Gasteiger partial charge in [0.1, 0.15) is 0 Å². The average Bonchev–Trinajstić information content (AvgIpc) is 2.67. The molecule has 4 heteroatoms. The molecule has 0 bridgehead atoms. The Labute approximate surface area is 82.5 Å². The maximum Gasteiger partial charge on any atom is 0.354 e. The highest BCUT2D eigenvalue weighted by Crippen LogP contribution is 2.30. The van der Waals surface area contributed by atoms with Gasteiger partial charge in [0.05, 0.1) is 0 Å². The second-order valence-electron chi connectivity index (χ2n) is 3.61. The first-order valence-corrected chi connectivity index (χ1v) is 4.81. The molecule has 0 unspecified atom stereocenters. The molecule has 1 aromatic heterocycles. The average molecular weight is 194 g/mol. The molecule has 0 fully saturated rings. The van der Waals surface area contributed by atoms with Crippen LogP contribution < -0.4 is 5.43 Å². The Morgan fingerprint density at radius 2 is 2.07 bits per heavy atom. The predicted octanol–water partition coefficient (Wildman–Crippen LogP) is 1.16. The second-order valence-corrected chi connectivity index (χ2v) is 3.61. The Balaban J connectivity index is 2.66. The molecule has 0 aliphatic heterocycles. The molecule has 1 aromatic rings. The van der Waals surface area contributed by atoms with Gasteiger partial charge in [-0.3, -0.25) is 4.68 Å². The Hall–Kier alpha value is -1.45. The molecule has 14 heavy (non-hydrogen) atoms. The van der Waals surface area contributed by atoms with Gasteiger partial charge in [-0.2, -0.15) is 0 Å². The summed E-state index contributed by atoms with van der Waals surface area (Å²) in [5, 5.41) is 9.11. The van der Waals surface area contributed by atoms with Gasteiger partial charge in [0, 0.05) is 12.7 Å².